The van der Waals surface area contributed by atoms with Crippen molar-refractivity contribution in [2.45, 2.75) is 33.2 Å². The van der Waals surface area contributed by atoms with Crippen LogP contribution in [0.2, 0.25) is 0 Å². The summed E-state index contributed by atoms with van der Waals surface area (Å²) in [5, 5.41) is 4.41. The minimum atomic E-state index is -0.218. The molecule has 0 bridgehead atoms. The Morgan fingerprint density at radius 3 is 2.51 bits per heavy atom. The van der Waals surface area contributed by atoms with Crippen LogP contribution in [0.1, 0.15) is 39.1 Å². The number of aromatic nitrogens is 5. The lowest BCUT2D eigenvalue weighted by atomic mass is 9.91. The molecule has 0 aliphatic carbocycles. The summed E-state index contributed by atoms with van der Waals surface area (Å²) in [5.74, 6) is 2.51. The van der Waals surface area contributed by atoms with Crippen LogP contribution in [0.25, 0.3) is 33.3 Å². The van der Waals surface area contributed by atoms with Crippen molar-refractivity contribution in [3.63, 3.8) is 0 Å². The lowest BCUT2D eigenvalue weighted by Gasteiger charge is -2.36. The van der Waals surface area contributed by atoms with Crippen LogP contribution in [0.15, 0.2) is 65.7 Å². The van der Waals surface area contributed by atoms with Gasteiger partial charge in [0.1, 0.15) is 17.2 Å². The molecule has 3 atom stereocenters. The average Bonchev–Trinajstić information content (AvgIpc) is 3.31. The quantitative estimate of drug-likeness (QED) is 0.298. The van der Waals surface area contributed by atoms with E-state index in [2.05, 4.69) is 56.1 Å². The first-order chi connectivity index (χ1) is 18.0. The zero-order chi connectivity index (χ0) is 25.5. The molecular formula is C29H31N7O. The molecule has 37 heavy (non-hydrogen) atoms. The largest absolute Gasteiger partial charge is 0.374 e. The van der Waals surface area contributed by atoms with Crippen LogP contribution < -0.4 is 15.8 Å². The number of piperidine rings is 1. The standard InChI is InChI=1S/C29H31N7O/c1-17-13-18(2)16-36(15-17)20-9-10-23-24(14-20)34-28(33-23)25-26(32-19(3)27-30-11-6-12-31-27)21-7-4-5-8-22(21)35-29(25)37/h4-12,14,17-19H,13,15-16H2,1-3H3,(H,33,34)(H2,32,35,37)/t17-,18+,19-/m0/s1. The summed E-state index contributed by atoms with van der Waals surface area (Å²) in [7, 11) is 0. The van der Waals surface area contributed by atoms with E-state index in [9.17, 15) is 4.79 Å². The first-order valence-electron chi connectivity index (χ1n) is 12.9. The molecule has 5 aromatic rings. The molecule has 8 heteroatoms. The fourth-order valence-electron chi connectivity index (χ4n) is 5.62. The molecule has 188 valence electrons. The van der Waals surface area contributed by atoms with E-state index in [0.29, 0.717) is 34.7 Å². The van der Waals surface area contributed by atoms with Gasteiger partial charge in [0.2, 0.25) is 0 Å². The average molecular weight is 494 g/mol. The summed E-state index contributed by atoms with van der Waals surface area (Å²) < 4.78 is 0. The van der Waals surface area contributed by atoms with Gasteiger partial charge in [0.25, 0.3) is 5.56 Å². The van der Waals surface area contributed by atoms with Gasteiger partial charge in [-0.1, -0.05) is 32.0 Å². The van der Waals surface area contributed by atoms with E-state index >= 15 is 0 Å². The van der Waals surface area contributed by atoms with Gasteiger partial charge in [0.05, 0.1) is 28.3 Å². The lowest BCUT2D eigenvalue weighted by molar-refractivity contribution is 0.357. The number of nitrogens with zero attached hydrogens (tertiary/aromatic N) is 4. The number of fused-ring (bicyclic) bond motifs is 2. The number of anilines is 2. The van der Waals surface area contributed by atoms with Crippen LogP contribution in [0.5, 0.6) is 0 Å². The number of imidazole rings is 1. The van der Waals surface area contributed by atoms with Crippen LogP contribution in [-0.4, -0.2) is 38.0 Å². The highest BCUT2D eigenvalue weighted by atomic mass is 16.1. The summed E-state index contributed by atoms with van der Waals surface area (Å²) in [6, 6.07) is 15.7. The van der Waals surface area contributed by atoms with Gasteiger partial charge in [-0.05, 0) is 55.5 Å². The fourth-order valence-corrected chi connectivity index (χ4v) is 5.62. The fraction of sp³-hybridized carbons (Fsp3) is 0.310. The molecule has 3 N–H and O–H groups in total. The second-order valence-corrected chi connectivity index (χ2v) is 10.4. The first-order valence-corrected chi connectivity index (χ1v) is 12.9. The van der Waals surface area contributed by atoms with Gasteiger partial charge >= 0.3 is 0 Å². The maximum Gasteiger partial charge on any atom is 0.261 e. The third-order valence-electron chi connectivity index (χ3n) is 7.19. The zero-order valence-electron chi connectivity index (χ0n) is 21.3. The van der Waals surface area contributed by atoms with Crippen molar-refractivity contribution in [2.75, 3.05) is 23.3 Å². The number of pyridine rings is 1. The normalized spacial score (nSPS) is 18.8. The first kappa shape index (κ1) is 23.2. The van der Waals surface area contributed by atoms with E-state index in [1.807, 2.05) is 37.3 Å². The molecule has 6 rings (SSSR count). The molecule has 8 nitrogen and oxygen atoms in total. The van der Waals surface area contributed by atoms with Gasteiger partial charge in [0.15, 0.2) is 0 Å². The second-order valence-electron chi connectivity index (χ2n) is 10.4. The third-order valence-corrected chi connectivity index (χ3v) is 7.19. The number of nitrogens with one attached hydrogen (secondary N) is 3. The van der Waals surface area contributed by atoms with E-state index in [1.165, 1.54) is 12.1 Å². The number of aromatic amines is 2. The summed E-state index contributed by atoms with van der Waals surface area (Å²) >= 11 is 0. The van der Waals surface area contributed by atoms with Gasteiger partial charge < -0.3 is 20.2 Å². The summed E-state index contributed by atoms with van der Waals surface area (Å²) in [5.41, 5.74) is 4.65. The number of rotatable bonds is 5. The van der Waals surface area contributed by atoms with Crippen LogP contribution in [-0.2, 0) is 0 Å². The molecule has 1 aliphatic rings. The van der Waals surface area contributed by atoms with Crippen molar-refractivity contribution >= 4 is 33.3 Å². The summed E-state index contributed by atoms with van der Waals surface area (Å²) in [6.07, 6.45) is 4.70. The van der Waals surface area contributed by atoms with E-state index < -0.39 is 0 Å². The molecule has 1 saturated heterocycles. The van der Waals surface area contributed by atoms with Crippen molar-refractivity contribution < 1.29 is 0 Å². The maximum atomic E-state index is 13.4. The highest BCUT2D eigenvalue weighted by Gasteiger charge is 2.24. The number of benzene rings is 2. The van der Waals surface area contributed by atoms with E-state index in [-0.39, 0.29) is 11.6 Å². The molecular weight excluding hydrogens is 462 g/mol. The Balaban J connectivity index is 1.45. The summed E-state index contributed by atoms with van der Waals surface area (Å²) in [6.45, 7) is 8.72. The highest BCUT2D eigenvalue weighted by molar-refractivity contribution is 5.99. The van der Waals surface area contributed by atoms with Gasteiger partial charge in [-0.2, -0.15) is 0 Å². The van der Waals surface area contributed by atoms with Crippen LogP contribution in [0.4, 0.5) is 11.4 Å². The number of para-hydroxylation sites is 1. The van der Waals surface area contributed by atoms with Crippen LogP contribution in [0.3, 0.4) is 0 Å². The Morgan fingerprint density at radius 2 is 1.73 bits per heavy atom. The Hall–Kier alpha value is -4.20. The number of hydrogen-bond donors (Lipinski definition) is 3. The molecule has 0 unspecified atom stereocenters. The minimum Gasteiger partial charge on any atom is -0.374 e. The molecule has 0 saturated carbocycles. The molecule has 1 aliphatic heterocycles. The van der Waals surface area contributed by atoms with Crippen molar-refractivity contribution in [1.29, 1.82) is 0 Å². The van der Waals surface area contributed by atoms with Gasteiger partial charge in [0, 0.05) is 36.6 Å². The van der Waals surface area contributed by atoms with E-state index in [1.54, 1.807) is 18.5 Å². The zero-order valence-corrected chi connectivity index (χ0v) is 21.3. The number of H-pyrrole nitrogens is 2. The third kappa shape index (κ3) is 4.43. The van der Waals surface area contributed by atoms with Gasteiger partial charge in [-0.25, -0.2) is 15.0 Å². The van der Waals surface area contributed by atoms with Crippen molar-refractivity contribution in [1.82, 2.24) is 24.9 Å². The minimum absolute atomic E-state index is 0.208. The molecule has 4 heterocycles. The Morgan fingerprint density at radius 1 is 0.973 bits per heavy atom. The predicted octanol–water partition coefficient (Wildman–Crippen LogP) is 5.52. The van der Waals surface area contributed by atoms with Gasteiger partial charge in [-0.3, -0.25) is 4.79 Å². The Bertz CT molecular complexity index is 1610. The van der Waals surface area contributed by atoms with Crippen molar-refractivity contribution in [2.24, 2.45) is 11.8 Å². The van der Waals surface area contributed by atoms with Gasteiger partial charge in [-0.15, -0.1) is 0 Å². The molecule has 0 radical (unpaired) electrons. The molecule has 1 fully saturated rings. The maximum absolute atomic E-state index is 13.4. The lowest BCUT2D eigenvalue weighted by Crippen LogP contribution is -2.38. The van der Waals surface area contributed by atoms with Crippen molar-refractivity contribution in [3.05, 3.63) is 77.1 Å². The monoisotopic (exact) mass is 493 g/mol. The molecule has 2 aromatic carbocycles. The molecule has 0 amide bonds. The molecule has 0 spiro atoms. The van der Waals surface area contributed by atoms with Crippen LogP contribution >= 0.6 is 0 Å². The van der Waals surface area contributed by atoms with Crippen LogP contribution in [0, 0.1) is 11.8 Å². The second kappa shape index (κ2) is 9.35. The number of hydrogen-bond acceptors (Lipinski definition) is 6. The Labute approximate surface area is 215 Å². The molecule has 3 aromatic heterocycles. The topological polar surface area (TPSA) is 103 Å². The summed E-state index contributed by atoms with van der Waals surface area (Å²) in [4.78, 5) is 36.0. The SMILES string of the molecule is C[C@@H]1C[C@H](C)CN(c2ccc3nc(-c4c(N[C@@H](C)c5ncccn5)c5ccccc5[nH]c4=O)[nH]c3c2)C1. The van der Waals surface area contributed by atoms with E-state index in [0.717, 1.165) is 35.0 Å². The predicted molar refractivity (Wildman–Crippen MR) is 149 cm³/mol. The highest BCUT2D eigenvalue weighted by Crippen LogP contribution is 2.34. The van der Waals surface area contributed by atoms with Crippen molar-refractivity contribution in [3.8, 4) is 11.4 Å². The Kier molecular flexibility index (Phi) is 5.87. The van der Waals surface area contributed by atoms with E-state index in [4.69, 9.17) is 4.98 Å². The smallest absolute Gasteiger partial charge is 0.261 e.